The van der Waals surface area contributed by atoms with E-state index in [1.54, 1.807) is 6.92 Å². The number of hydrogen-bond acceptors (Lipinski definition) is 5. The molecule has 2 aliphatic rings. The summed E-state index contributed by atoms with van der Waals surface area (Å²) in [5, 5.41) is 15.4. The van der Waals surface area contributed by atoms with E-state index in [0.29, 0.717) is 12.8 Å². The number of ether oxygens (including phenoxy) is 2. The van der Waals surface area contributed by atoms with Gasteiger partial charge in [0.2, 0.25) is 5.91 Å². The first kappa shape index (κ1) is 28.4. The Hall–Kier alpha value is -4.17. The summed E-state index contributed by atoms with van der Waals surface area (Å²) < 4.78 is 11.4. The summed E-state index contributed by atoms with van der Waals surface area (Å²) in [6.07, 6.45) is 1.28. The highest BCUT2D eigenvalue weighted by molar-refractivity contribution is 5.85. The third-order valence-electron chi connectivity index (χ3n) is 8.10. The van der Waals surface area contributed by atoms with Gasteiger partial charge in [-0.25, -0.2) is 9.59 Å². The van der Waals surface area contributed by atoms with Gasteiger partial charge in [0.15, 0.2) is 6.04 Å². The van der Waals surface area contributed by atoms with Gasteiger partial charge in [-0.05, 0) is 54.0 Å². The number of carbonyl (C=O) groups is 3. The van der Waals surface area contributed by atoms with Gasteiger partial charge in [-0.15, -0.1) is 0 Å². The van der Waals surface area contributed by atoms with E-state index >= 15 is 0 Å². The molecule has 8 heteroatoms. The van der Waals surface area contributed by atoms with Crippen LogP contribution in [0.25, 0.3) is 11.1 Å². The molecule has 1 fully saturated rings. The number of alkyl carbamates (subject to hydrolysis) is 1. The highest BCUT2D eigenvalue weighted by Crippen LogP contribution is 2.44. The van der Waals surface area contributed by atoms with Crippen LogP contribution < -0.4 is 10.6 Å². The number of benzene rings is 3. The van der Waals surface area contributed by atoms with Crippen molar-refractivity contribution in [1.82, 2.24) is 10.6 Å². The molecular formula is C33H36N2O6. The minimum Gasteiger partial charge on any atom is -0.480 e. The molecule has 3 aromatic rings. The number of rotatable bonds is 10. The number of amides is 2. The number of carbonyl (C=O) groups excluding carboxylic acids is 2. The predicted molar refractivity (Wildman–Crippen MR) is 154 cm³/mol. The number of fused-ring (bicyclic) bond motifs is 3. The standard InChI is InChI=1S/C33H36N2O6/c1-21(40-19-22-10-3-2-4-11-22)30(32(37)38)35-31(36)23-12-9-13-24(18-23)34-33(39)41-20-29-27-16-7-5-14-25(27)26-15-6-8-17-28(26)29/h2-8,10-11,14-17,21,23-24,29-30H,9,12-13,18-20H2,1H3,(H,34,39)(H,35,36)(H,37,38). The van der Waals surface area contributed by atoms with Gasteiger partial charge in [-0.2, -0.15) is 0 Å². The molecule has 0 aliphatic heterocycles. The van der Waals surface area contributed by atoms with Crippen LogP contribution >= 0.6 is 0 Å². The molecule has 0 heterocycles. The molecule has 4 unspecified atom stereocenters. The van der Waals surface area contributed by atoms with Crippen LogP contribution in [0.5, 0.6) is 0 Å². The monoisotopic (exact) mass is 556 g/mol. The summed E-state index contributed by atoms with van der Waals surface area (Å²) in [4.78, 5) is 37.8. The van der Waals surface area contributed by atoms with Crippen molar-refractivity contribution in [2.24, 2.45) is 5.92 Å². The lowest BCUT2D eigenvalue weighted by Crippen LogP contribution is -2.51. The van der Waals surface area contributed by atoms with Crippen LogP contribution in [0, 0.1) is 5.92 Å². The summed E-state index contributed by atoms with van der Waals surface area (Å²) in [5.41, 5.74) is 5.54. The first-order valence-electron chi connectivity index (χ1n) is 14.2. The molecular weight excluding hydrogens is 520 g/mol. The van der Waals surface area contributed by atoms with Crippen LogP contribution in [0.15, 0.2) is 78.9 Å². The third-order valence-corrected chi connectivity index (χ3v) is 8.10. The summed E-state index contributed by atoms with van der Waals surface area (Å²) >= 11 is 0. The SMILES string of the molecule is CC(OCc1ccccc1)C(NC(=O)C1CCCC(NC(=O)OCC2c3ccccc3-c3ccccc32)C1)C(=O)O. The van der Waals surface area contributed by atoms with Crippen molar-refractivity contribution in [1.29, 1.82) is 0 Å². The molecule has 0 radical (unpaired) electrons. The second-order valence-corrected chi connectivity index (χ2v) is 10.9. The van der Waals surface area contributed by atoms with Crippen molar-refractivity contribution in [3.8, 4) is 11.1 Å². The molecule has 2 amide bonds. The number of hydrogen-bond donors (Lipinski definition) is 3. The van der Waals surface area contributed by atoms with Gasteiger partial charge in [0, 0.05) is 17.9 Å². The maximum Gasteiger partial charge on any atom is 0.407 e. The summed E-state index contributed by atoms with van der Waals surface area (Å²) in [7, 11) is 0. The first-order valence-corrected chi connectivity index (χ1v) is 14.2. The quantitative estimate of drug-likeness (QED) is 0.314. The predicted octanol–water partition coefficient (Wildman–Crippen LogP) is 5.26. The topological polar surface area (TPSA) is 114 Å². The first-order chi connectivity index (χ1) is 19.9. The third kappa shape index (κ3) is 6.77. The lowest BCUT2D eigenvalue weighted by atomic mass is 9.85. The van der Waals surface area contributed by atoms with E-state index in [1.165, 1.54) is 0 Å². The highest BCUT2D eigenvalue weighted by atomic mass is 16.5. The maximum atomic E-state index is 13.1. The lowest BCUT2D eigenvalue weighted by Gasteiger charge is -2.30. The van der Waals surface area contributed by atoms with Gasteiger partial charge in [0.05, 0.1) is 12.7 Å². The van der Waals surface area contributed by atoms with Crippen LogP contribution in [0.1, 0.15) is 55.2 Å². The van der Waals surface area contributed by atoms with Crippen molar-refractivity contribution in [3.63, 3.8) is 0 Å². The lowest BCUT2D eigenvalue weighted by molar-refractivity contribution is -0.147. The minimum atomic E-state index is -1.18. The fraction of sp³-hybridized carbons (Fsp3) is 0.364. The van der Waals surface area contributed by atoms with Crippen molar-refractivity contribution in [3.05, 3.63) is 95.6 Å². The zero-order chi connectivity index (χ0) is 28.8. The van der Waals surface area contributed by atoms with Gasteiger partial charge in [0.1, 0.15) is 6.61 Å². The minimum absolute atomic E-state index is 0.0305. The zero-order valence-corrected chi connectivity index (χ0v) is 23.1. The summed E-state index contributed by atoms with van der Waals surface area (Å²) in [6, 6.07) is 24.4. The Balaban J connectivity index is 1.12. The number of carboxylic acid groups (broad SMARTS) is 1. The van der Waals surface area contributed by atoms with Crippen LogP contribution in [-0.4, -0.2) is 47.9 Å². The van der Waals surface area contributed by atoms with E-state index in [9.17, 15) is 19.5 Å². The normalized spacial score (nSPS) is 19.3. The van der Waals surface area contributed by atoms with Gasteiger partial charge >= 0.3 is 12.1 Å². The molecule has 8 nitrogen and oxygen atoms in total. The van der Waals surface area contributed by atoms with E-state index in [2.05, 4.69) is 34.9 Å². The van der Waals surface area contributed by atoms with Crippen LogP contribution in [0.2, 0.25) is 0 Å². The van der Waals surface area contributed by atoms with Crippen molar-refractivity contribution >= 4 is 18.0 Å². The molecule has 0 spiro atoms. The Morgan fingerprint density at radius 2 is 1.54 bits per heavy atom. The molecule has 3 aromatic carbocycles. The number of nitrogens with one attached hydrogen (secondary N) is 2. The van der Waals surface area contributed by atoms with E-state index in [-0.39, 0.29) is 31.1 Å². The highest BCUT2D eigenvalue weighted by Gasteiger charge is 2.34. The van der Waals surface area contributed by atoms with Crippen LogP contribution in [0.3, 0.4) is 0 Å². The van der Waals surface area contributed by atoms with E-state index < -0.39 is 30.1 Å². The Labute approximate surface area is 240 Å². The number of carboxylic acids is 1. The second-order valence-electron chi connectivity index (χ2n) is 10.9. The summed E-state index contributed by atoms with van der Waals surface area (Å²) in [6.45, 7) is 2.11. The molecule has 1 saturated carbocycles. The average Bonchev–Trinajstić information content (AvgIpc) is 3.31. The van der Waals surface area contributed by atoms with E-state index in [4.69, 9.17) is 9.47 Å². The van der Waals surface area contributed by atoms with Crippen molar-refractivity contribution < 1.29 is 29.0 Å². The maximum absolute atomic E-state index is 13.1. The Bertz CT molecular complexity index is 1330. The molecule has 214 valence electrons. The Kier molecular flexibility index (Phi) is 8.99. The van der Waals surface area contributed by atoms with Crippen LogP contribution in [0.4, 0.5) is 4.79 Å². The summed E-state index contributed by atoms with van der Waals surface area (Å²) in [5.74, 6) is -1.93. The Morgan fingerprint density at radius 3 is 2.20 bits per heavy atom. The molecule has 5 rings (SSSR count). The van der Waals surface area contributed by atoms with E-state index in [1.807, 2.05) is 54.6 Å². The Morgan fingerprint density at radius 1 is 0.902 bits per heavy atom. The smallest absolute Gasteiger partial charge is 0.407 e. The molecule has 2 aliphatic carbocycles. The fourth-order valence-corrected chi connectivity index (χ4v) is 5.91. The molecule has 41 heavy (non-hydrogen) atoms. The largest absolute Gasteiger partial charge is 0.480 e. The van der Waals surface area contributed by atoms with Gasteiger partial charge in [0.25, 0.3) is 0 Å². The molecule has 3 N–H and O–H groups in total. The number of aliphatic carboxylic acids is 1. The molecule has 0 bridgehead atoms. The fourth-order valence-electron chi connectivity index (χ4n) is 5.91. The van der Waals surface area contributed by atoms with Gasteiger partial charge < -0.3 is 25.2 Å². The zero-order valence-electron chi connectivity index (χ0n) is 23.1. The molecule has 0 aromatic heterocycles. The van der Waals surface area contributed by atoms with E-state index in [0.717, 1.165) is 40.7 Å². The average molecular weight is 557 g/mol. The van der Waals surface area contributed by atoms with Gasteiger partial charge in [-0.1, -0.05) is 85.3 Å². The van der Waals surface area contributed by atoms with Crippen molar-refractivity contribution in [2.75, 3.05) is 6.61 Å². The van der Waals surface area contributed by atoms with Crippen LogP contribution in [-0.2, 0) is 25.7 Å². The van der Waals surface area contributed by atoms with Gasteiger partial charge in [-0.3, -0.25) is 4.79 Å². The second kappa shape index (κ2) is 13.0. The molecule has 0 saturated heterocycles. The molecule has 4 atom stereocenters. The van der Waals surface area contributed by atoms with Crippen molar-refractivity contribution in [2.45, 2.75) is 63.3 Å².